The summed E-state index contributed by atoms with van der Waals surface area (Å²) in [5.74, 6) is 0.868. The second-order valence-corrected chi connectivity index (χ2v) is 3.31. The third-order valence-electron chi connectivity index (χ3n) is 2.18. The summed E-state index contributed by atoms with van der Waals surface area (Å²) in [4.78, 5) is 7.95. The van der Waals surface area contributed by atoms with Crippen LogP contribution in [0.15, 0.2) is 6.33 Å². The lowest BCUT2D eigenvalue weighted by Crippen LogP contribution is -2.24. The van der Waals surface area contributed by atoms with Crippen molar-refractivity contribution in [3.63, 3.8) is 0 Å². The molecule has 0 aliphatic rings. The van der Waals surface area contributed by atoms with Gasteiger partial charge < -0.3 is 20.9 Å². The Labute approximate surface area is 94.9 Å². The van der Waals surface area contributed by atoms with E-state index < -0.39 is 0 Å². The monoisotopic (exact) mass is 226 g/mol. The molecule has 0 fully saturated rings. The van der Waals surface area contributed by atoms with Crippen LogP contribution in [0.5, 0.6) is 5.88 Å². The van der Waals surface area contributed by atoms with Gasteiger partial charge in [-0.3, -0.25) is 0 Å². The molecule has 0 amide bonds. The first-order valence-corrected chi connectivity index (χ1v) is 5.33. The van der Waals surface area contributed by atoms with Gasteiger partial charge in [0.25, 0.3) is 0 Å². The molecular weight excluding hydrogens is 208 g/mol. The van der Waals surface area contributed by atoms with E-state index in [0.29, 0.717) is 24.0 Å². The van der Waals surface area contributed by atoms with Gasteiger partial charge in [-0.25, -0.2) is 4.98 Å². The number of nitrogens with zero attached hydrogens (tertiary/aromatic N) is 2. The zero-order valence-electron chi connectivity index (χ0n) is 9.60. The van der Waals surface area contributed by atoms with Crippen molar-refractivity contribution in [2.75, 3.05) is 24.3 Å². The number of hydrogen-bond donors (Lipinski definition) is 3. The Morgan fingerprint density at radius 2 is 2.25 bits per heavy atom. The van der Waals surface area contributed by atoms with Gasteiger partial charge in [-0.2, -0.15) is 4.98 Å². The van der Waals surface area contributed by atoms with Crippen LogP contribution in [-0.4, -0.2) is 34.3 Å². The topological polar surface area (TPSA) is 93.3 Å². The smallest absolute Gasteiger partial charge is 0.242 e. The van der Waals surface area contributed by atoms with E-state index in [1.165, 1.54) is 6.33 Å². The second-order valence-electron chi connectivity index (χ2n) is 3.31. The lowest BCUT2D eigenvalue weighted by molar-refractivity contribution is 0.271. The highest BCUT2D eigenvalue weighted by Crippen LogP contribution is 2.25. The Kier molecular flexibility index (Phi) is 4.78. The third-order valence-corrected chi connectivity index (χ3v) is 2.18. The van der Waals surface area contributed by atoms with Gasteiger partial charge in [0.15, 0.2) is 5.82 Å². The van der Waals surface area contributed by atoms with Crippen molar-refractivity contribution in [1.29, 1.82) is 0 Å². The summed E-state index contributed by atoms with van der Waals surface area (Å²) in [5.41, 5.74) is 6.20. The molecule has 90 valence electrons. The van der Waals surface area contributed by atoms with Crippen molar-refractivity contribution in [3.05, 3.63) is 6.33 Å². The normalized spacial score (nSPS) is 12.2. The number of aromatic nitrogens is 2. The zero-order chi connectivity index (χ0) is 12.0. The van der Waals surface area contributed by atoms with E-state index in [1.54, 1.807) is 0 Å². The van der Waals surface area contributed by atoms with Crippen LogP contribution in [0.2, 0.25) is 0 Å². The quantitative estimate of drug-likeness (QED) is 0.659. The predicted octanol–water partition coefficient (Wildman–Crippen LogP) is 0.640. The molecule has 16 heavy (non-hydrogen) atoms. The summed E-state index contributed by atoms with van der Waals surface area (Å²) in [5, 5.41) is 12.1. The van der Waals surface area contributed by atoms with E-state index >= 15 is 0 Å². The highest BCUT2D eigenvalue weighted by molar-refractivity contribution is 5.66. The lowest BCUT2D eigenvalue weighted by Gasteiger charge is -2.16. The minimum absolute atomic E-state index is 0.0317. The third kappa shape index (κ3) is 2.96. The van der Waals surface area contributed by atoms with E-state index in [4.69, 9.17) is 15.6 Å². The van der Waals surface area contributed by atoms with Crippen molar-refractivity contribution >= 4 is 11.5 Å². The number of ether oxygens (including phenoxy) is 1. The minimum Gasteiger partial charge on any atom is -0.476 e. The van der Waals surface area contributed by atoms with Crippen LogP contribution in [0.4, 0.5) is 11.5 Å². The molecule has 0 aromatic carbocycles. The van der Waals surface area contributed by atoms with Crippen molar-refractivity contribution in [3.8, 4) is 5.88 Å². The number of nitrogen functional groups attached to an aromatic ring is 1. The van der Waals surface area contributed by atoms with E-state index in [2.05, 4.69) is 15.3 Å². The summed E-state index contributed by atoms with van der Waals surface area (Å²) < 4.78 is 5.25. The van der Waals surface area contributed by atoms with Gasteiger partial charge in [0.2, 0.25) is 5.88 Å². The van der Waals surface area contributed by atoms with Gasteiger partial charge in [-0.05, 0) is 13.3 Å². The summed E-state index contributed by atoms with van der Waals surface area (Å²) in [6, 6.07) is -0.0633. The molecule has 1 aromatic heterocycles. The number of anilines is 2. The van der Waals surface area contributed by atoms with Crippen molar-refractivity contribution in [2.24, 2.45) is 0 Å². The van der Waals surface area contributed by atoms with Gasteiger partial charge in [0.1, 0.15) is 12.0 Å². The van der Waals surface area contributed by atoms with Crippen LogP contribution in [0.1, 0.15) is 20.3 Å². The standard InChI is InChI=1S/C10H18N4O2/c1-3-7(5-15)14-9-8(11)10(16-4-2)13-6-12-9/h6-7,15H,3-5,11H2,1-2H3,(H,12,13,14). The van der Waals surface area contributed by atoms with Crippen molar-refractivity contribution < 1.29 is 9.84 Å². The summed E-state index contributed by atoms with van der Waals surface area (Å²) in [6.07, 6.45) is 2.16. The number of nitrogens with two attached hydrogens (primary N) is 1. The molecule has 0 aliphatic heterocycles. The molecule has 0 saturated carbocycles. The van der Waals surface area contributed by atoms with Crippen LogP contribution in [0.3, 0.4) is 0 Å². The number of hydrogen-bond acceptors (Lipinski definition) is 6. The molecule has 4 N–H and O–H groups in total. The summed E-state index contributed by atoms with van der Waals surface area (Å²) in [6.45, 7) is 4.35. The fourth-order valence-electron chi connectivity index (χ4n) is 1.22. The Morgan fingerprint density at radius 1 is 1.50 bits per heavy atom. The van der Waals surface area contributed by atoms with Crippen LogP contribution in [0, 0.1) is 0 Å². The molecule has 0 aliphatic carbocycles. The lowest BCUT2D eigenvalue weighted by atomic mass is 10.2. The first-order valence-electron chi connectivity index (χ1n) is 5.33. The van der Waals surface area contributed by atoms with E-state index in [9.17, 15) is 0 Å². The SMILES string of the molecule is CCOc1ncnc(NC(CC)CO)c1N. The average molecular weight is 226 g/mol. The van der Waals surface area contributed by atoms with Crippen LogP contribution in [-0.2, 0) is 0 Å². The average Bonchev–Trinajstić information content (AvgIpc) is 2.30. The molecule has 1 aromatic rings. The Balaban J connectivity index is 2.83. The maximum Gasteiger partial charge on any atom is 0.242 e. The minimum atomic E-state index is -0.0633. The molecule has 1 rings (SSSR count). The van der Waals surface area contributed by atoms with Crippen molar-refractivity contribution in [2.45, 2.75) is 26.3 Å². The molecule has 0 radical (unpaired) electrons. The molecule has 1 atom stereocenters. The van der Waals surface area contributed by atoms with E-state index in [0.717, 1.165) is 6.42 Å². The molecule has 6 nitrogen and oxygen atoms in total. The maximum absolute atomic E-state index is 9.07. The van der Waals surface area contributed by atoms with Gasteiger partial charge in [-0.1, -0.05) is 6.92 Å². The number of nitrogens with one attached hydrogen (secondary N) is 1. The number of aliphatic hydroxyl groups is 1. The van der Waals surface area contributed by atoms with Crippen LogP contribution >= 0.6 is 0 Å². The summed E-state index contributed by atoms with van der Waals surface area (Å²) in [7, 11) is 0. The van der Waals surface area contributed by atoms with Crippen molar-refractivity contribution in [1.82, 2.24) is 9.97 Å². The van der Waals surface area contributed by atoms with Gasteiger partial charge in [-0.15, -0.1) is 0 Å². The molecular formula is C10H18N4O2. The molecule has 0 spiro atoms. The second kappa shape index (κ2) is 6.12. The summed E-state index contributed by atoms with van der Waals surface area (Å²) >= 11 is 0. The van der Waals surface area contributed by atoms with E-state index in [1.807, 2.05) is 13.8 Å². The van der Waals surface area contributed by atoms with Crippen LogP contribution < -0.4 is 15.8 Å². The largest absolute Gasteiger partial charge is 0.476 e. The zero-order valence-corrected chi connectivity index (χ0v) is 9.60. The molecule has 0 bridgehead atoms. The first kappa shape index (κ1) is 12.5. The van der Waals surface area contributed by atoms with Gasteiger partial charge in [0, 0.05) is 0 Å². The fraction of sp³-hybridized carbons (Fsp3) is 0.600. The Morgan fingerprint density at radius 3 is 2.81 bits per heavy atom. The van der Waals surface area contributed by atoms with Crippen LogP contribution in [0.25, 0.3) is 0 Å². The number of rotatable bonds is 6. The highest BCUT2D eigenvalue weighted by atomic mass is 16.5. The predicted molar refractivity (Wildman–Crippen MR) is 62.4 cm³/mol. The Bertz CT molecular complexity index is 329. The maximum atomic E-state index is 9.07. The van der Waals surface area contributed by atoms with Gasteiger partial charge in [0.05, 0.1) is 19.3 Å². The number of aliphatic hydroxyl groups excluding tert-OH is 1. The molecule has 1 unspecified atom stereocenters. The fourth-order valence-corrected chi connectivity index (χ4v) is 1.22. The van der Waals surface area contributed by atoms with Gasteiger partial charge >= 0.3 is 0 Å². The Hall–Kier alpha value is -1.56. The molecule has 0 saturated heterocycles. The highest BCUT2D eigenvalue weighted by Gasteiger charge is 2.12. The first-order chi connectivity index (χ1) is 7.72. The van der Waals surface area contributed by atoms with E-state index in [-0.39, 0.29) is 12.6 Å². The molecule has 1 heterocycles. The molecule has 6 heteroatoms.